The number of carbonyl (C=O) groups is 2. The summed E-state index contributed by atoms with van der Waals surface area (Å²) in [6.07, 6.45) is 9.94. The molecule has 0 aromatic heterocycles. The Balaban J connectivity index is 1.25. The third-order valence-electron chi connectivity index (χ3n) is 8.52. The van der Waals surface area contributed by atoms with Crippen LogP contribution in [-0.4, -0.2) is 47.7 Å². The van der Waals surface area contributed by atoms with Crippen molar-refractivity contribution in [2.75, 3.05) is 25.0 Å². The third-order valence-corrected chi connectivity index (χ3v) is 8.52. The molecule has 1 saturated heterocycles. The molecule has 1 heterocycles. The minimum Gasteiger partial charge on any atom is -0.433 e. The Hall–Kier alpha value is -3.11. The van der Waals surface area contributed by atoms with Gasteiger partial charge in [-0.1, -0.05) is 56.0 Å². The molecule has 3 fully saturated rings. The first-order valence-corrected chi connectivity index (χ1v) is 13.9. The molecule has 37 heavy (non-hydrogen) atoms. The first-order valence-electron chi connectivity index (χ1n) is 13.9. The molecule has 0 spiro atoms. The zero-order valence-corrected chi connectivity index (χ0v) is 21.6. The summed E-state index contributed by atoms with van der Waals surface area (Å²) in [6.45, 7) is 2.33. The highest BCUT2D eigenvalue weighted by molar-refractivity contribution is 5.94. The van der Waals surface area contributed by atoms with Gasteiger partial charge in [0.2, 0.25) is 0 Å². The van der Waals surface area contributed by atoms with Crippen molar-refractivity contribution >= 4 is 28.5 Å². The number of hydrogen-bond acceptors (Lipinski definition) is 5. The molecule has 1 unspecified atom stereocenters. The van der Waals surface area contributed by atoms with Gasteiger partial charge in [-0.15, -0.1) is 0 Å². The Bertz CT molecular complexity index is 1160. The van der Waals surface area contributed by atoms with Crippen LogP contribution >= 0.6 is 0 Å². The molecule has 196 valence electrons. The summed E-state index contributed by atoms with van der Waals surface area (Å²) in [5.74, 6) is 0.354. The molecule has 0 bridgehead atoms. The van der Waals surface area contributed by atoms with E-state index in [0.29, 0.717) is 37.4 Å². The number of fused-ring (bicyclic) bond motifs is 1. The minimum atomic E-state index is -1.25. The first kappa shape index (κ1) is 25.5. The molecular weight excluding hydrogens is 464 g/mol. The Kier molecular flexibility index (Phi) is 7.66. The van der Waals surface area contributed by atoms with Gasteiger partial charge in [0.15, 0.2) is 5.60 Å². The second kappa shape index (κ2) is 11.1. The highest BCUT2D eigenvalue weighted by Gasteiger charge is 2.48. The molecule has 1 atom stereocenters. The molecular formula is C30H38N4O3. The predicted octanol–water partition coefficient (Wildman–Crippen LogP) is 5.76. The van der Waals surface area contributed by atoms with Gasteiger partial charge in [-0.05, 0) is 73.8 Å². The number of hydrogen-bond donors (Lipinski definition) is 2. The van der Waals surface area contributed by atoms with Gasteiger partial charge < -0.3 is 10.1 Å². The summed E-state index contributed by atoms with van der Waals surface area (Å²) in [4.78, 5) is 29.0. The van der Waals surface area contributed by atoms with Crippen LogP contribution < -0.4 is 10.6 Å². The monoisotopic (exact) mass is 502 g/mol. The molecule has 2 N–H and O–H groups in total. The first-order chi connectivity index (χ1) is 18.0. The maximum atomic E-state index is 13.7. The molecule has 7 nitrogen and oxygen atoms in total. The second-order valence-corrected chi connectivity index (χ2v) is 11.3. The highest BCUT2D eigenvalue weighted by atomic mass is 16.6. The number of amides is 2. The summed E-state index contributed by atoms with van der Waals surface area (Å²) in [5.41, 5.74) is -1.56. The van der Waals surface area contributed by atoms with Gasteiger partial charge in [0, 0.05) is 25.3 Å². The van der Waals surface area contributed by atoms with Gasteiger partial charge in [0.05, 0.1) is 6.07 Å². The number of nitriles is 1. The largest absolute Gasteiger partial charge is 0.433 e. The average molecular weight is 503 g/mol. The van der Waals surface area contributed by atoms with E-state index in [2.05, 4.69) is 21.6 Å². The fourth-order valence-electron chi connectivity index (χ4n) is 6.42. The summed E-state index contributed by atoms with van der Waals surface area (Å²) in [6, 6.07) is 16.0. The van der Waals surface area contributed by atoms with Gasteiger partial charge in [0.1, 0.15) is 5.54 Å². The number of rotatable bonds is 6. The number of nitrogens with one attached hydrogen (secondary N) is 2. The highest BCUT2D eigenvalue weighted by Crippen LogP contribution is 2.35. The van der Waals surface area contributed by atoms with Gasteiger partial charge in [0.25, 0.3) is 5.91 Å². The van der Waals surface area contributed by atoms with Crippen molar-refractivity contribution in [3.05, 3.63) is 42.5 Å². The average Bonchev–Trinajstić information content (AvgIpc) is 3.32. The molecule has 7 heteroatoms. The van der Waals surface area contributed by atoms with Crippen LogP contribution in [0.2, 0.25) is 0 Å². The lowest BCUT2D eigenvalue weighted by Gasteiger charge is -2.37. The fourth-order valence-corrected chi connectivity index (χ4v) is 6.42. The third kappa shape index (κ3) is 5.91. The number of anilines is 1. The van der Waals surface area contributed by atoms with Gasteiger partial charge >= 0.3 is 6.09 Å². The molecule has 2 aromatic rings. The van der Waals surface area contributed by atoms with E-state index in [4.69, 9.17) is 4.74 Å². The van der Waals surface area contributed by atoms with Crippen LogP contribution in [0.5, 0.6) is 0 Å². The molecule has 0 radical (unpaired) electrons. The quantitative estimate of drug-likeness (QED) is 0.524. The second-order valence-electron chi connectivity index (χ2n) is 11.3. The molecule has 2 amide bonds. The van der Waals surface area contributed by atoms with Crippen molar-refractivity contribution in [2.45, 2.75) is 81.8 Å². The summed E-state index contributed by atoms with van der Waals surface area (Å²) in [5, 5.41) is 18.1. The van der Waals surface area contributed by atoms with Crippen LogP contribution in [0, 0.1) is 17.2 Å². The standard InChI is InChI=1S/C30H38N4O3/c31-21-29(17-18-34(22-29)20-23-9-3-1-4-10-23)33-27(35)30(15-7-2-8-16-30)37-28(36)32-26-14-13-24-11-5-6-12-25(24)19-26/h5-6,11-14,19,23H,1-4,7-10,15-18,20,22H2,(H,32,36)(H,33,35). The van der Waals surface area contributed by atoms with Crippen LogP contribution in [0.15, 0.2) is 42.5 Å². The number of nitrogens with zero attached hydrogens (tertiary/aromatic N) is 2. The van der Waals surface area contributed by atoms with E-state index in [1.165, 1.54) is 32.1 Å². The van der Waals surface area contributed by atoms with Crippen molar-refractivity contribution in [3.63, 3.8) is 0 Å². The number of likely N-dealkylation sites (tertiary alicyclic amines) is 1. The Labute approximate surface area is 219 Å². The Morgan fingerprint density at radius 2 is 1.70 bits per heavy atom. The topological polar surface area (TPSA) is 94.5 Å². The van der Waals surface area contributed by atoms with E-state index in [1.54, 1.807) is 0 Å². The van der Waals surface area contributed by atoms with E-state index in [1.807, 2.05) is 42.5 Å². The zero-order valence-electron chi connectivity index (χ0n) is 21.6. The Morgan fingerprint density at radius 3 is 2.46 bits per heavy atom. The van der Waals surface area contributed by atoms with Gasteiger partial charge in [-0.25, -0.2) is 4.79 Å². The summed E-state index contributed by atoms with van der Waals surface area (Å²) >= 11 is 0. The minimum absolute atomic E-state index is 0.332. The molecule has 2 aliphatic carbocycles. The van der Waals surface area contributed by atoms with E-state index < -0.39 is 17.2 Å². The zero-order chi connectivity index (χ0) is 25.7. The van der Waals surface area contributed by atoms with Crippen molar-refractivity contribution in [3.8, 4) is 6.07 Å². The van der Waals surface area contributed by atoms with Crippen molar-refractivity contribution in [2.24, 2.45) is 5.92 Å². The van der Waals surface area contributed by atoms with Crippen LogP contribution in [0.25, 0.3) is 10.8 Å². The number of carbonyl (C=O) groups excluding carboxylic acids is 2. The summed E-state index contributed by atoms with van der Waals surface area (Å²) in [7, 11) is 0. The smallest absolute Gasteiger partial charge is 0.412 e. The lowest BCUT2D eigenvalue weighted by atomic mass is 9.83. The predicted molar refractivity (Wildman–Crippen MR) is 144 cm³/mol. The van der Waals surface area contributed by atoms with Gasteiger partial charge in [-0.2, -0.15) is 5.26 Å². The van der Waals surface area contributed by atoms with Crippen LogP contribution in [-0.2, 0) is 9.53 Å². The molecule has 1 aliphatic heterocycles. The van der Waals surface area contributed by atoms with Crippen LogP contribution in [0.3, 0.4) is 0 Å². The summed E-state index contributed by atoms with van der Waals surface area (Å²) < 4.78 is 5.92. The normalized spacial score (nSPS) is 24.3. The van der Waals surface area contributed by atoms with Crippen molar-refractivity contribution < 1.29 is 14.3 Å². The van der Waals surface area contributed by atoms with E-state index in [-0.39, 0.29) is 5.91 Å². The van der Waals surface area contributed by atoms with Crippen LogP contribution in [0.4, 0.5) is 10.5 Å². The van der Waals surface area contributed by atoms with E-state index in [0.717, 1.165) is 43.1 Å². The maximum absolute atomic E-state index is 13.7. The number of ether oxygens (including phenoxy) is 1. The van der Waals surface area contributed by atoms with Crippen LogP contribution in [0.1, 0.15) is 70.6 Å². The number of benzene rings is 2. The van der Waals surface area contributed by atoms with Crippen molar-refractivity contribution in [1.82, 2.24) is 10.2 Å². The lowest BCUT2D eigenvalue weighted by Crippen LogP contribution is -2.59. The SMILES string of the molecule is N#CC1(NC(=O)C2(OC(=O)Nc3ccc4ccccc4c3)CCCCC2)CCN(CC2CCCCC2)C1. The Morgan fingerprint density at radius 1 is 0.973 bits per heavy atom. The molecule has 2 aromatic carbocycles. The lowest BCUT2D eigenvalue weighted by molar-refractivity contribution is -0.144. The van der Waals surface area contributed by atoms with Crippen molar-refractivity contribution in [1.29, 1.82) is 5.26 Å². The molecule has 2 saturated carbocycles. The van der Waals surface area contributed by atoms with E-state index in [9.17, 15) is 14.9 Å². The maximum Gasteiger partial charge on any atom is 0.412 e. The molecule has 5 rings (SSSR count). The fraction of sp³-hybridized carbons (Fsp3) is 0.567. The van der Waals surface area contributed by atoms with Gasteiger partial charge in [-0.3, -0.25) is 15.0 Å². The van der Waals surface area contributed by atoms with E-state index >= 15 is 0 Å². The molecule has 3 aliphatic rings.